The molecular weight excluding hydrogens is 289 g/mol. The van der Waals surface area contributed by atoms with Crippen LogP contribution in [0.2, 0.25) is 0 Å². The largest absolute Gasteiger partial charge is 0.324 e. The number of rotatable bonds is 3. The first-order valence-electron chi connectivity index (χ1n) is 4.99. The third-order valence-electron chi connectivity index (χ3n) is 2.32. The van der Waals surface area contributed by atoms with Gasteiger partial charge in [0.2, 0.25) is 0 Å². The molecule has 5 nitrogen and oxygen atoms in total. The molecular formula is C10H11BrFN5. The second kappa shape index (κ2) is 4.89. The van der Waals surface area contributed by atoms with Crippen LogP contribution in [0, 0.1) is 5.82 Å². The Labute approximate surface area is 106 Å². The Balaban J connectivity index is 2.14. The minimum atomic E-state index is -0.307. The molecule has 1 aromatic heterocycles. The van der Waals surface area contributed by atoms with Crippen LogP contribution < -0.4 is 5.73 Å². The summed E-state index contributed by atoms with van der Waals surface area (Å²) in [6.07, 6.45) is 0.464. The molecule has 0 aliphatic heterocycles. The second-order valence-electron chi connectivity index (χ2n) is 3.68. The molecule has 2 rings (SSSR count). The Morgan fingerprint density at radius 1 is 1.53 bits per heavy atom. The Kier molecular flexibility index (Phi) is 3.49. The van der Waals surface area contributed by atoms with Gasteiger partial charge in [0.1, 0.15) is 5.82 Å². The molecule has 2 N–H and O–H groups in total. The first kappa shape index (κ1) is 12.1. The molecule has 0 saturated carbocycles. The van der Waals surface area contributed by atoms with Crippen LogP contribution in [-0.4, -0.2) is 20.2 Å². The lowest BCUT2D eigenvalue weighted by Crippen LogP contribution is -2.14. The molecule has 0 fully saturated rings. The fourth-order valence-corrected chi connectivity index (χ4v) is 1.86. The van der Waals surface area contributed by atoms with Gasteiger partial charge in [0.15, 0.2) is 5.82 Å². The Morgan fingerprint density at radius 2 is 2.29 bits per heavy atom. The lowest BCUT2D eigenvalue weighted by molar-refractivity contribution is 0.614. The highest BCUT2D eigenvalue weighted by molar-refractivity contribution is 9.10. The summed E-state index contributed by atoms with van der Waals surface area (Å²) in [4.78, 5) is 1.38. The van der Waals surface area contributed by atoms with E-state index in [1.165, 1.54) is 10.9 Å². The molecule has 0 amide bonds. The lowest BCUT2D eigenvalue weighted by atomic mass is 10.0. The Hall–Kier alpha value is -1.34. The first-order chi connectivity index (χ1) is 8.06. The van der Waals surface area contributed by atoms with Crippen LogP contribution in [0.25, 0.3) is 0 Å². The Bertz CT molecular complexity index is 527. The molecule has 0 saturated heterocycles. The number of halogens is 2. The maximum atomic E-state index is 13.1. The van der Waals surface area contributed by atoms with E-state index in [-0.39, 0.29) is 11.9 Å². The fourth-order valence-electron chi connectivity index (χ4n) is 1.46. The van der Waals surface area contributed by atoms with E-state index in [0.717, 1.165) is 5.56 Å². The minimum absolute atomic E-state index is 0.281. The zero-order valence-corrected chi connectivity index (χ0v) is 10.7. The average Bonchev–Trinajstić information content (AvgIpc) is 2.68. The third kappa shape index (κ3) is 2.86. The standard InChI is InChI=1S/C10H11BrFN5/c1-17-15-10(14-16-17)5-9(13)6-2-3-8(12)7(11)4-6/h2-4,9H,5,13H2,1H3. The van der Waals surface area contributed by atoms with E-state index in [1.807, 2.05) is 0 Å². The predicted octanol–water partition coefficient (Wildman–Crippen LogP) is 1.35. The van der Waals surface area contributed by atoms with Crippen molar-refractivity contribution in [3.63, 3.8) is 0 Å². The number of hydrogen-bond acceptors (Lipinski definition) is 4. The summed E-state index contributed by atoms with van der Waals surface area (Å²) in [6, 6.07) is 4.41. The summed E-state index contributed by atoms with van der Waals surface area (Å²) in [5.41, 5.74) is 6.82. The molecule has 7 heteroatoms. The van der Waals surface area contributed by atoms with Gasteiger partial charge in [-0.25, -0.2) is 4.39 Å². The van der Waals surface area contributed by atoms with Crippen LogP contribution in [0.1, 0.15) is 17.4 Å². The quantitative estimate of drug-likeness (QED) is 0.929. The number of benzene rings is 1. The van der Waals surface area contributed by atoms with Gasteiger partial charge in [0.05, 0.1) is 11.5 Å². The van der Waals surface area contributed by atoms with Crippen molar-refractivity contribution in [3.05, 3.63) is 39.9 Å². The molecule has 17 heavy (non-hydrogen) atoms. The van der Waals surface area contributed by atoms with Gasteiger partial charge in [-0.2, -0.15) is 4.80 Å². The molecule has 1 heterocycles. The first-order valence-corrected chi connectivity index (χ1v) is 5.79. The van der Waals surface area contributed by atoms with Crippen molar-refractivity contribution in [2.24, 2.45) is 12.8 Å². The molecule has 0 bridgehead atoms. The number of nitrogens with two attached hydrogens (primary N) is 1. The molecule has 90 valence electrons. The monoisotopic (exact) mass is 299 g/mol. The number of nitrogens with zero attached hydrogens (tertiary/aromatic N) is 4. The van der Waals surface area contributed by atoms with Crippen molar-refractivity contribution in [2.45, 2.75) is 12.5 Å². The minimum Gasteiger partial charge on any atom is -0.324 e. The fraction of sp³-hybridized carbons (Fsp3) is 0.300. The zero-order chi connectivity index (χ0) is 12.4. The van der Waals surface area contributed by atoms with Crippen LogP contribution in [0.15, 0.2) is 22.7 Å². The van der Waals surface area contributed by atoms with Crippen LogP contribution >= 0.6 is 15.9 Å². The predicted molar refractivity (Wildman–Crippen MR) is 63.5 cm³/mol. The van der Waals surface area contributed by atoms with Gasteiger partial charge in [-0.05, 0) is 38.8 Å². The van der Waals surface area contributed by atoms with Crippen molar-refractivity contribution in [1.82, 2.24) is 20.2 Å². The summed E-state index contributed by atoms with van der Waals surface area (Å²) in [5.74, 6) is 0.263. The van der Waals surface area contributed by atoms with Crippen LogP contribution in [-0.2, 0) is 13.5 Å². The smallest absolute Gasteiger partial charge is 0.176 e. The molecule has 1 atom stereocenters. The molecule has 2 aromatic rings. The van der Waals surface area contributed by atoms with E-state index < -0.39 is 0 Å². The highest BCUT2D eigenvalue weighted by Gasteiger charge is 2.12. The molecule has 0 spiro atoms. The lowest BCUT2D eigenvalue weighted by Gasteiger charge is -2.10. The van der Waals surface area contributed by atoms with Crippen LogP contribution in [0.5, 0.6) is 0 Å². The SMILES string of the molecule is Cn1nnc(CC(N)c2ccc(F)c(Br)c2)n1. The topological polar surface area (TPSA) is 69.6 Å². The van der Waals surface area contributed by atoms with E-state index in [0.29, 0.717) is 16.7 Å². The highest BCUT2D eigenvalue weighted by Crippen LogP contribution is 2.21. The molecule has 0 aliphatic carbocycles. The van der Waals surface area contributed by atoms with Gasteiger partial charge in [-0.1, -0.05) is 6.07 Å². The van der Waals surface area contributed by atoms with Crippen molar-refractivity contribution >= 4 is 15.9 Å². The van der Waals surface area contributed by atoms with Gasteiger partial charge in [-0.15, -0.1) is 10.2 Å². The van der Waals surface area contributed by atoms with Crippen molar-refractivity contribution in [3.8, 4) is 0 Å². The Morgan fingerprint density at radius 3 is 2.88 bits per heavy atom. The number of tetrazole rings is 1. The summed E-state index contributed by atoms with van der Waals surface area (Å²) in [5, 5.41) is 11.6. The van der Waals surface area contributed by atoms with Crippen molar-refractivity contribution < 1.29 is 4.39 Å². The summed E-state index contributed by atoms with van der Waals surface area (Å²) < 4.78 is 13.5. The molecule has 0 aliphatic rings. The van der Waals surface area contributed by atoms with E-state index in [9.17, 15) is 4.39 Å². The van der Waals surface area contributed by atoms with Gasteiger partial charge < -0.3 is 5.73 Å². The summed E-state index contributed by atoms with van der Waals surface area (Å²) in [6.45, 7) is 0. The molecule has 1 aromatic carbocycles. The van der Waals surface area contributed by atoms with E-state index in [4.69, 9.17) is 5.73 Å². The molecule has 0 radical (unpaired) electrons. The maximum absolute atomic E-state index is 13.1. The second-order valence-corrected chi connectivity index (χ2v) is 4.53. The summed E-state index contributed by atoms with van der Waals surface area (Å²) >= 11 is 3.13. The zero-order valence-electron chi connectivity index (χ0n) is 9.14. The van der Waals surface area contributed by atoms with Gasteiger partial charge in [-0.3, -0.25) is 0 Å². The highest BCUT2D eigenvalue weighted by atomic mass is 79.9. The molecule has 1 unspecified atom stereocenters. The number of hydrogen-bond donors (Lipinski definition) is 1. The van der Waals surface area contributed by atoms with Crippen molar-refractivity contribution in [2.75, 3.05) is 0 Å². The van der Waals surface area contributed by atoms with Crippen molar-refractivity contribution in [1.29, 1.82) is 0 Å². The van der Waals surface area contributed by atoms with Gasteiger partial charge >= 0.3 is 0 Å². The van der Waals surface area contributed by atoms with Crippen LogP contribution in [0.3, 0.4) is 0 Å². The third-order valence-corrected chi connectivity index (χ3v) is 2.93. The summed E-state index contributed by atoms with van der Waals surface area (Å²) in [7, 11) is 1.69. The maximum Gasteiger partial charge on any atom is 0.176 e. The van der Waals surface area contributed by atoms with Gasteiger partial charge in [0.25, 0.3) is 0 Å². The number of aryl methyl sites for hydroxylation is 1. The van der Waals surface area contributed by atoms with Gasteiger partial charge in [0, 0.05) is 12.5 Å². The van der Waals surface area contributed by atoms with E-state index >= 15 is 0 Å². The normalized spacial score (nSPS) is 12.7. The number of aromatic nitrogens is 4. The van der Waals surface area contributed by atoms with E-state index in [2.05, 4.69) is 31.3 Å². The average molecular weight is 300 g/mol. The van der Waals surface area contributed by atoms with E-state index in [1.54, 1.807) is 19.2 Å². The van der Waals surface area contributed by atoms with Crippen LogP contribution in [0.4, 0.5) is 4.39 Å².